The summed E-state index contributed by atoms with van der Waals surface area (Å²) in [6.45, 7) is 4.84. The molecule has 134 valence electrons. The van der Waals surface area contributed by atoms with Crippen LogP contribution in [0.4, 0.5) is 5.82 Å². The van der Waals surface area contributed by atoms with Crippen LogP contribution in [0.3, 0.4) is 0 Å². The third-order valence-electron chi connectivity index (χ3n) is 4.78. The second-order valence-corrected chi connectivity index (χ2v) is 6.96. The fraction of sp³-hybridized carbons (Fsp3) is 0.421. The predicted octanol–water partition coefficient (Wildman–Crippen LogP) is 2.89. The molecule has 3 heterocycles. The molecule has 1 N–H and O–H groups in total. The van der Waals surface area contributed by atoms with E-state index in [9.17, 15) is 0 Å². The molecule has 7 heteroatoms. The molecule has 0 fully saturated rings. The van der Waals surface area contributed by atoms with Crippen LogP contribution in [-0.2, 0) is 26.4 Å². The Kier molecular flexibility index (Phi) is 4.36. The Hall–Kier alpha value is -2.83. The van der Waals surface area contributed by atoms with Gasteiger partial charge in [0.05, 0.1) is 6.54 Å². The molecular formula is C19H23N7. The number of fused-ring (bicyclic) bond motifs is 1. The minimum Gasteiger partial charge on any atom is -0.362 e. The van der Waals surface area contributed by atoms with Crippen molar-refractivity contribution in [2.24, 2.45) is 7.05 Å². The molecule has 1 aliphatic carbocycles. The summed E-state index contributed by atoms with van der Waals surface area (Å²) in [6, 6.07) is 3.90. The molecule has 0 amide bonds. The minimum atomic E-state index is 0.349. The Labute approximate surface area is 152 Å². The minimum absolute atomic E-state index is 0.349. The lowest BCUT2D eigenvalue weighted by Crippen LogP contribution is -2.11. The molecule has 0 aromatic carbocycles. The van der Waals surface area contributed by atoms with Crippen molar-refractivity contribution < 1.29 is 0 Å². The van der Waals surface area contributed by atoms with E-state index >= 15 is 0 Å². The van der Waals surface area contributed by atoms with Crippen LogP contribution in [0.1, 0.15) is 49.1 Å². The van der Waals surface area contributed by atoms with Crippen molar-refractivity contribution in [1.82, 2.24) is 29.7 Å². The summed E-state index contributed by atoms with van der Waals surface area (Å²) in [5, 5.41) is 12.1. The summed E-state index contributed by atoms with van der Waals surface area (Å²) >= 11 is 0. The van der Waals surface area contributed by atoms with E-state index in [1.807, 2.05) is 19.2 Å². The highest BCUT2D eigenvalue weighted by molar-refractivity contribution is 5.59. The topological polar surface area (TPSA) is 81.4 Å². The zero-order chi connectivity index (χ0) is 18.1. The van der Waals surface area contributed by atoms with Gasteiger partial charge < -0.3 is 9.88 Å². The smallest absolute Gasteiger partial charge is 0.163 e. The van der Waals surface area contributed by atoms with Crippen molar-refractivity contribution in [2.45, 2.75) is 45.6 Å². The predicted molar refractivity (Wildman–Crippen MR) is 99.7 cm³/mol. The maximum Gasteiger partial charge on any atom is 0.163 e. The first-order valence-electron chi connectivity index (χ1n) is 9.05. The van der Waals surface area contributed by atoms with Crippen LogP contribution in [0.5, 0.6) is 0 Å². The number of nitrogens with one attached hydrogen (secondary N) is 1. The first kappa shape index (κ1) is 16.6. The molecule has 0 spiro atoms. The van der Waals surface area contributed by atoms with Crippen LogP contribution in [0.2, 0.25) is 0 Å². The lowest BCUT2D eigenvalue weighted by atomic mass is 10.2. The highest BCUT2D eigenvalue weighted by Gasteiger charge is 2.20. The second kappa shape index (κ2) is 6.82. The number of aryl methyl sites for hydroxylation is 1. The Morgan fingerprint density at radius 3 is 2.81 bits per heavy atom. The van der Waals surface area contributed by atoms with Crippen LogP contribution in [0.15, 0.2) is 24.5 Å². The van der Waals surface area contributed by atoms with E-state index in [1.165, 1.54) is 5.56 Å². The fourth-order valence-corrected chi connectivity index (χ4v) is 3.40. The average molecular weight is 349 g/mol. The van der Waals surface area contributed by atoms with E-state index in [0.717, 1.165) is 53.8 Å². The number of anilines is 1. The van der Waals surface area contributed by atoms with E-state index in [0.29, 0.717) is 12.5 Å². The lowest BCUT2D eigenvalue weighted by molar-refractivity contribution is 0.692. The Morgan fingerprint density at radius 1 is 1.19 bits per heavy atom. The molecule has 0 bridgehead atoms. The van der Waals surface area contributed by atoms with E-state index in [1.54, 1.807) is 12.4 Å². The molecule has 0 radical (unpaired) electrons. The second-order valence-electron chi connectivity index (χ2n) is 6.96. The molecular weight excluding hydrogens is 326 g/mol. The van der Waals surface area contributed by atoms with Gasteiger partial charge in [0, 0.05) is 42.2 Å². The SMILES string of the molecule is CC(C)c1nnc(CNc2nc(-c3cccnc3)nc3c2CCC3)n1C. The van der Waals surface area contributed by atoms with Crippen LogP contribution in [0, 0.1) is 0 Å². The van der Waals surface area contributed by atoms with Gasteiger partial charge in [0.25, 0.3) is 0 Å². The molecule has 1 aliphatic rings. The summed E-state index contributed by atoms with van der Waals surface area (Å²) in [7, 11) is 2.01. The van der Waals surface area contributed by atoms with E-state index in [-0.39, 0.29) is 0 Å². The summed E-state index contributed by atoms with van der Waals surface area (Å²) in [5.74, 6) is 3.87. The monoisotopic (exact) mass is 349 g/mol. The lowest BCUT2D eigenvalue weighted by Gasteiger charge is -2.12. The molecule has 0 unspecified atom stereocenters. The van der Waals surface area contributed by atoms with Gasteiger partial charge in [0.2, 0.25) is 0 Å². The number of hydrogen-bond acceptors (Lipinski definition) is 6. The molecule has 26 heavy (non-hydrogen) atoms. The number of aromatic nitrogens is 6. The van der Waals surface area contributed by atoms with Crippen LogP contribution < -0.4 is 5.32 Å². The van der Waals surface area contributed by atoms with Gasteiger partial charge in [-0.05, 0) is 31.4 Å². The third kappa shape index (κ3) is 3.05. The molecule has 3 aromatic heterocycles. The number of rotatable bonds is 5. The molecule has 3 aromatic rings. The number of hydrogen-bond donors (Lipinski definition) is 1. The zero-order valence-electron chi connectivity index (χ0n) is 15.4. The highest BCUT2D eigenvalue weighted by Crippen LogP contribution is 2.29. The van der Waals surface area contributed by atoms with Crippen molar-refractivity contribution in [3.8, 4) is 11.4 Å². The Balaban J connectivity index is 1.63. The quantitative estimate of drug-likeness (QED) is 0.763. The van der Waals surface area contributed by atoms with E-state index < -0.39 is 0 Å². The van der Waals surface area contributed by atoms with Gasteiger partial charge in [-0.3, -0.25) is 4.98 Å². The third-order valence-corrected chi connectivity index (χ3v) is 4.78. The Bertz CT molecular complexity index is 915. The van der Waals surface area contributed by atoms with Gasteiger partial charge in [-0.1, -0.05) is 13.8 Å². The maximum absolute atomic E-state index is 4.78. The number of pyridine rings is 1. The van der Waals surface area contributed by atoms with Gasteiger partial charge in [-0.25, -0.2) is 9.97 Å². The summed E-state index contributed by atoms with van der Waals surface area (Å²) in [4.78, 5) is 13.7. The summed E-state index contributed by atoms with van der Waals surface area (Å²) in [5.41, 5.74) is 3.30. The largest absolute Gasteiger partial charge is 0.362 e. The van der Waals surface area contributed by atoms with Crippen molar-refractivity contribution >= 4 is 5.82 Å². The highest BCUT2D eigenvalue weighted by atomic mass is 15.3. The molecule has 4 rings (SSSR count). The molecule has 0 saturated carbocycles. The molecule has 7 nitrogen and oxygen atoms in total. The fourth-order valence-electron chi connectivity index (χ4n) is 3.40. The standard InChI is InChI=1S/C19H23N7/c1-12(2)19-25-24-16(26(19)3)11-21-18-14-7-4-8-15(14)22-17(23-18)13-6-5-9-20-10-13/h5-6,9-10,12H,4,7-8,11H2,1-3H3,(H,21,22,23). The Morgan fingerprint density at radius 2 is 2.08 bits per heavy atom. The molecule has 0 atom stereocenters. The zero-order valence-corrected chi connectivity index (χ0v) is 15.4. The summed E-state index contributed by atoms with van der Waals surface area (Å²) in [6.07, 6.45) is 6.70. The van der Waals surface area contributed by atoms with Crippen molar-refractivity contribution in [3.05, 3.63) is 47.4 Å². The maximum atomic E-state index is 4.78. The van der Waals surface area contributed by atoms with Crippen LogP contribution in [0.25, 0.3) is 11.4 Å². The summed E-state index contributed by atoms with van der Waals surface area (Å²) < 4.78 is 2.06. The average Bonchev–Trinajstić information content (AvgIpc) is 3.27. The molecule has 0 saturated heterocycles. The normalized spacial score (nSPS) is 13.2. The van der Waals surface area contributed by atoms with Gasteiger partial charge in [0.15, 0.2) is 11.6 Å². The van der Waals surface area contributed by atoms with Gasteiger partial charge in [0.1, 0.15) is 11.6 Å². The first-order chi connectivity index (χ1) is 12.6. The van der Waals surface area contributed by atoms with E-state index in [4.69, 9.17) is 9.97 Å². The van der Waals surface area contributed by atoms with Crippen LogP contribution in [-0.4, -0.2) is 29.7 Å². The van der Waals surface area contributed by atoms with Crippen molar-refractivity contribution in [1.29, 1.82) is 0 Å². The number of nitrogens with zero attached hydrogens (tertiary/aromatic N) is 6. The first-order valence-corrected chi connectivity index (χ1v) is 9.05. The van der Waals surface area contributed by atoms with Gasteiger partial charge in [-0.2, -0.15) is 0 Å². The van der Waals surface area contributed by atoms with Gasteiger partial charge in [-0.15, -0.1) is 10.2 Å². The van der Waals surface area contributed by atoms with Crippen molar-refractivity contribution in [2.75, 3.05) is 5.32 Å². The van der Waals surface area contributed by atoms with Gasteiger partial charge >= 0.3 is 0 Å². The molecule has 0 aliphatic heterocycles. The van der Waals surface area contributed by atoms with E-state index in [2.05, 4.69) is 38.9 Å². The van der Waals surface area contributed by atoms with Crippen molar-refractivity contribution in [3.63, 3.8) is 0 Å². The van der Waals surface area contributed by atoms with Crippen LogP contribution >= 0.6 is 0 Å².